The van der Waals surface area contributed by atoms with Gasteiger partial charge >= 0.3 is 0 Å². The minimum atomic E-state index is 0.681. The van der Waals surface area contributed by atoms with E-state index in [1.165, 1.54) is 43.6 Å². The maximum absolute atomic E-state index is 4.83. The molecule has 1 aromatic carbocycles. The first kappa shape index (κ1) is 14.1. The van der Waals surface area contributed by atoms with E-state index >= 15 is 0 Å². The Labute approximate surface area is 128 Å². The van der Waals surface area contributed by atoms with Gasteiger partial charge in [0.25, 0.3) is 0 Å². The number of nitrogens with one attached hydrogen (secondary N) is 1. The molecule has 1 aromatic heterocycles. The van der Waals surface area contributed by atoms with Gasteiger partial charge in [-0.15, -0.1) is 0 Å². The number of piperidine rings is 1. The van der Waals surface area contributed by atoms with E-state index in [2.05, 4.69) is 50.9 Å². The largest absolute Gasteiger partial charge is 0.328 e. The quantitative estimate of drug-likeness (QED) is 0.918. The van der Waals surface area contributed by atoms with Gasteiger partial charge in [-0.1, -0.05) is 22.4 Å². The second-order valence-electron chi connectivity index (χ2n) is 5.59. The van der Waals surface area contributed by atoms with Crippen LogP contribution in [0.1, 0.15) is 38.4 Å². The van der Waals surface area contributed by atoms with E-state index in [9.17, 15) is 0 Å². The van der Waals surface area contributed by atoms with Crippen molar-refractivity contribution in [3.8, 4) is 0 Å². The fourth-order valence-electron chi connectivity index (χ4n) is 3.17. The fourth-order valence-corrected chi connectivity index (χ4v) is 3.52. The fraction of sp³-hybridized carbons (Fsp3) is 0.562. The summed E-state index contributed by atoms with van der Waals surface area (Å²) in [4.78, 5) is 4.83. The molecule has 1 aliphatic rings. The van der Waals surface area contributed by atoms with Gasteiger partial charge in [-0.25, -0.2) is 4.98 Å². The standard InChI is InChI=1S/C16H22BrN3/c1-2-20-15-8-6-12(17)11-14(15)19-16(20)9-7-13-5-3-4-10-18-13/h6,8,11,13,18H,2-5,7,9-10H2,1H3. The minimum absolute atomic E-state index is 0.681. The minimum Gasteiger partial charge on any atom is -0.328 e. The first-order valence-electron chi connectivity index (χ1n) is 7.66. The Hall–Kier alpha value is -0.870. The number of aromatic nitrogens is 2. The average Bonchev–Trinajstić information content (AvgIpc) is 2.82. The van der Waals surface area contributed by atoms with E-state index < -0.39 is 0 Å². The van der Waals surface area contributed by atoms with Crippen molar-refractivity contribution < 1.29 is 0 Å². The van der Waals surface area contributed by atoms with E-state index in [1.54, 1.807) is 0 Å². The summed E-state index contributed by atoms with van der Waals surface area (Å²) in [5, 5.41) is 3.63. The lowest BCUT2D eigenvalue weighted by Gasteiger charge is -2.23. The topological polar surface area (TPSA) is 29.9 Å². The normalized spacial score (nSPS) is 19.6. The molecule has 0 radical (unpaired) electrons. The second kappa shape index (κ2) is 6.27. The van der Waals surface area contributed by atoms with Gasteiger partial charge in [-0.05, 0) is 50.9 Å². The Kier molecular flexibility index (Phi) is 4.41. The number of nitrogens with zero attached hydrogens (tertiary/aromatic N) is 2. The monoisotopic (exact) mass is 335 g/mol. The summed E-state index contributed by atoms with van der Waals surface area (Å²) >= 11 is 3.53. The third kappa shape index (κ3) is 2.91. The molecule has 1 fully saturated rings. The Bertz CT molecular complexity index is 585. The Morgan fingerprint density at radius 3 is 3.05 bits per heavy atom. The van der Waals surface area contributed by atoms with Crippen LogP contribution < -0.4 is 5.32 Å². The van der Waals surface area contributed by atoms with Gasteiger partial charge in [0.2, 0.25) is 0 Å². The second-order valence-corrected chi connectivity index (χ2v) is 6.51. The molecule has 0 saturated carbocycles. The number of halogens is 1. The van der Waals surface area contributed by atoms with Crippen molar-refractivity contribution in [3.05, 3.63) is 28.5 Å². The molecule has 0 spiro atoms. The van der Waals surface area contributed by atoms with Crippen LogP contribution in [0, 0.1) is 0 Å². The molecule has 3 nitrogen and oxygen atoms in total. The zero-order valence-electron chi connectivity index (χ0n) is 12.0. The van der Waals surface area contributed by atoms with Crippen LogP contribution >= 0.6 is 15.9 Å². The number of fused-ring (bicyclic) bond motifs is 1. The Balaban J connectivity index is 1.79. The molecule has 1 N–H and O–H groups in total. The summed E-state index contributed by atoms with van der Waals surface area (Å²) in [5.41, 5.74) is 2.36. The molecule has 4 heteroatoms. The maximum atomic E-state index is 4.83. The van der Waals surface area contributed by atoms with E-state index in [0.717, 1.165) is 23.0 Å². The van der Waals surface area contributed by atoms with Crippen LogP contribution in [0.25, 0.3) is 11.0 Å². The molecular weight excluding hydrogens is 314 g/mol. The highest BCUT2D eigenvalue weighted by Gasteiger charge is 2.15. The molecule has 2 aromatic rings. The highest BCUT2D eigenvalue weighted by Crippen LogP contribution is 2.22. The summed E-state index contributed by atoms with van der Waals surface area (Å²) in [6, 6.07) is 7.06. The molecule has 3 rings (SSSR count). The predicted octanol–water partition coefficient (Wildman–Crippen LogP) is 3.89. The zero-order chi connectivity index (χ0) is 13.9. The van der Waals surface area contributed by atoms with Crippen LogP contribution in [0.3, 0.4) is 0 Å². The van der Waals surface area contributed by atoms with Gasteiger partial charge in [-0.2, -0.15) is 0 Å². The van der Waals surface area contributed by atoms with Gasteiger partial charge in [0.15, 0.2) is 0 Å². The summed E-state index contributed by atoms with van der Waals surface area (Å²) in [6.45, 7) is 4.37. The van der Waals surface area contributed by atoms with Crippen molar-refractivity contribution in [1.82, 2.24) is 14.9 Å². The molecule has 1 saturated heterocycles. The summed E-state index contributed by atoms with van der Waals surface area (Å²) < 4.78 is 3.45. The lowest BCUT2D eigenvalue weighted by atomic mass is 10.0. The van der Waals surface area contributed by atoms with Crippen molar-refractivity contribution in [2.75, 3.05) is 6.54 Å². The molecule has 20 heavy (non-hydrogen) atoms. The number of benzene rings is 1. The molecule has 108 valence electrons. The number of hydrogen-bond acceptors (Lipinski definition) is 2. The molecule has 1 aliphatic heterocycles. The first-order chi connectivity index (χ1) is 9.78. The Morgan fingerprint density at radius 2 is 2.30 bits per heavy atom. The van der Waals surface area contributed by atoms with Crippen molar-refractivity contribution in [2.24, 2.45) is 0 Å². The lowest BCUT2D eigenvalue weighted by Crippen LogP contribution is -2.34. The van der Waals surface area contributed by atoms with Crippen molar-refractivity contribution in [2.45, 2.75) is 51.6 Å². The van der Waals surface area contributed by atoms with Crippen molar-refractivity contribution in [1.29, 1.82) is 0 Å². The van der Waals surface area contributed by atoms with Gasteiger partial charge in [-0.3, -0.25) is 0 Å². The smallest absolute Gasteiger partial charge is 0.109 e. The molecule has 1 atom stereocenters. The van der Waals surface area contributed by atoms with Gasteiger partial charge in [0, 0.05) is 23.5 Å². The van der Waals surface area contributed by atoms with Crippen LogP contribution in [0.4, 0.5) is 0 Å². The van der Waals surface area contributed by atoms with Crippen molar-refractivity contribution >= 4 is 27.0 Å². The SMILES string of the molecule is CCn1c(CCC2CCCCN2)nc2cc(Br)ccc21. The van der Waals surface area contributed by atoms with E-state index in [4.69, 9.17) is 4.98 Å². The average molecular weight is 336 g/mol. The molecular formula is C16H22BrN3. The van der Waals surface area contributed by atoms with E-state index in [1.807, 2.05) is 0 Å². The van der Waals surface area contributed by atoms with E-state index in [-0.39, 0.29) is 0 Å². The molecule has 0 bridgehead atoms. The summed E-state index contributed by atoms with van der Waals surface area (Å²) in [7, 11) is 0. The lowest BCUT2D eigenvalue weighted by molar-refractivity contribution is 0.379. The number of rotatable bonds is 4. The predicted molar refractivity (Wildman–Crippen MR) is 87.1 cm³/mol. The molecule has 2 heterocycles. The number of aryl methyl sites for hydroxylation is 2. The number of hydrogen-bond donors (Lipinski definition) is 1. The summed E-state index contributed by atoms with van der Waals surface area (Å²) in [6.07, 6.45) is 6.28. The van der Waals surface area contributed by atoms with Crippen LogP contribution in [-0.2, 0) is 13.0 Å². The summed E-state index contributed by atoms with van der Waals surface area (Å²) in [5.74, 6) is 1.23. The molecule has 1 unspecified atom stereocenters. The van der Waals surface area contributed by atoms with E-state index in [0.29, 0.717) is 6.04 Å². The third-order valence-electron chi connectivity index (χ3n) is 4.23. The highest BCUT2D eigenvalue weighted by atomic mass is 79.9. The van der Waals surface area contributed by atoms with Crippen LogP contribution in [0.5, 0.6) is 0 Å². The van der Waals surface area contributed by atoms with Gasteiger partial charge in [0.05, 0.1) is 11.0 Å². The Morgan fingerprint density at radius 1 is 1.40 bits per heavy atom. The maximum Gasteiger partial charge on any atom is 0.109 e. The van der Waals surface area contributed by atoms with Crippen LogP contribution in [0.2, 0.25) is 0 Å². The molecule has 0 aliphatic carbocycles. The number of imidazole rings is 1. The first-order valence-corrected chi connectivity index (χ1v) is 8.45. The van der Waals surface area contributed by atoms with Crippen LogP contribution in [0.15, 0.2) is 22.7 Å². The molecule has 0 amide bonds. The van der Waals surface area contributed by atoms with Gasteiger partial charge < -0.3 is 9.88 Å². The third-order valence-corrected chi connectivity index (χ3v) is 4.73. The van der Waals surface area contributed by atoms with Gasteiger partial charge in [0.1, 0.15) is 5.82 Å². The highest BCUT2D eigenvalue weighted by molar-refractivity contribution is 9.10. The van der Waals surface area contributed by atoms with Crippen molar-refractivity contribution in [3.63, 3.8) is 0 Å². The van der Waals surface area contributed by atoms with Crippen LogP contribution in [-0.4, -0.2) is 22.1 Å². The zero-order valence-corrected chi connectivity index (χ0v) is 13.6.